The van der Waals surface area contributed by atoms with Crippen molar-refractivity contribution < 1.29 is 14.7 Å². The Kier molecular flexibility index (Phi) is 5.17. The van der Waals surface area contributed by atoms with Crippen LogP contribution in [0.15, 0.2) is 28.7 Å². The number of hydrogen-bond donors (Lipinski definition) is 2. The topological polar surface area (TPSA) is 66.4 Å². The van der Waals surface area contributed by atoms with Crippen LogP contribution in [0.3, 0.4) is 0 Å². The quantitative estimate of drug-likeness (QED) is 0.886. The Hall–Kier alpha value is -1.36. The first-order chi connectivity index (χ1) is 9.56. The molecule has 0 bridgehead atoms. The van der Waals surface area contributed by atoms with Gasteiger partial charge < -0.3 is 10.4 Å². The van der Waals surface area contributed by atoms with Gasteiger partial charge in [-0.25, -0.2) is 0 Å². The molecule has 1 saturated carbocycles. The van der Waals surface area contributed by atoms with E-state index in [0.717, 1.165) is 10.0 Å². The first kappa shape index (κ1) is 15.0. The molecule has 2 rings (SSSR count). The third-order valence-corrected chi connectivity index (χ3v) is 4.30. The Labute approximate surface area is 126 Å². The molecule has 1 aliphatic carbocycles. The zero-order chi connectivity index (χ0) is 14.5. The Morgan fingerprint density at radius 1 is 1.20 bits per heavy atom. The summed E-state index contributed by atoms with van der Waals surface area (Å²) in [5.74, 6) is -1.02. The van der Waals surface area contributed by atoms with E-state index < -0.39 is 5.97 Å². The molecule has 0 heterocycles. The molecule has 1 fully saturated rings. The van der Waals surface area contributed by atoms with E-state index in [1.165, 1.54) is 0 Å². The first-order valence-electron chi connectivity index (χ1n) is 6.81. The van der Waals surface area contributed by atoms with Crippen molar-refractivity contribution in [2.75, 3.05) is 0 Å². The lowest BCUT2D eigenvalue weighted by Crippen LogP contribution is -2.34. The van der Waals surface area contributed by atoms with E-state index in [-0.39, 0.29) is 17.7 Å². The van der Waals surface area contributed by atoms with Gasteiger partial charge in [-0.2, -0.15) is 0 Å². The highest BCUT2D eigenvalue weighted by Gasteiger charge is 2.29. The van der Waals surface area contributed by atoms with Gasteiger partial charge in [-0.3, -0.25) is 9.59 Å². The lowest BCUT2D eigenvalue weighted by atomic mass is 9.81. The average Bonchev–Trinajstić information content (AvgIpc) is 2.45. The molecule has 1 aromatic rings. The zero-order valence-corrected chi connectivity index (χ0v) is 12.7. The van der Waals surface area contributed by atoms with E-state index in [1.54, 1.807) is 0 Å². The highest BCUT2D eigenvalue weighted by atomic mass is 79.9. The standard InChI is InChI=1S/C15H18BrNO3/c16-13-3-1-2-10(8-13)9-17-14(18)11-4-6-12(7-5-11)15(19)20/h1-3,8,11-12H,4-7,9H2,(H,17,18)(H,19,20). The van der Waals surface area contributed by atoms with Crippen LogP contribution in [0.4, 0.5) is 0 Å². The van der Waals surface area contributed by atoms with E-state index in [0.29, 0.717) is 32.2 Å². The van der Waals surface area contributed by atoms with Gasteiger partial charge in [-0.1, -0.05) is 28.1 Å². The number of rotatable bonds is 4. The van der Waals surface area contributed by atoms with Crippen LogP contribution in [0.2, 0.25) is 0 Å². The maximum absolute atomic E-state index is 12.1. The van der Waals surface area contributed by atoms with Gasteiger partial charge in [0.05, 0.1) is 5.92 Å². The van der Waals surface area contributed by atoms with Crippen molar-refractivity contribution in [3.8, 4) is 0 Å². The second-order valence-electron chi connectivity index (χ2n) is 5.23. The summed E-state index contributed by atoms with van der Waals surface area (Å²) < 4.78 is 0.992. The fourth-order valence-corrected chi connectivity index (χ4v) is 3.03. The molecule has 5 heteroatoms. The van der Waals surface area contributed by atoms with E-state index in [9.17, 15) is 9.59 Å². The third kappa shape index (κ3) is 4.07. The molecule has 0 unspecified atom stereocenters. The lowest BCUT2D eigenvalue weighted by molar-refractivity contribution is -0.144. The van der Waals surface area contributed by atoms with Gasteiger partial charge in [0.1, 0.15) is 0 Å². The number of carbonyl (C=O) groups is 2. The summed E-state index contributed by atoms with van der Waals surface area (Å²) in [6, 6.07) is 7.82. The Morgan fingerprint density at radius 2 is 1.85 bits per heavy atom. The molecular weight excluding hydrogens is 322 g/mol. The van der Waals surface area contributed by atoms with Crippen molar-refractivity contribution in [3.63, 3.8) is 0 Å². The largest absolute Gasteiger partial charge is 0.481 e. The van der Waals surface area contributed by atoms with Crippen LogP contribution in [-0.2, 0) is 16.1 Å². The minimum absolute atomic E-state index is 0.0359. The number of benzene rings is 1. The number of carboxylic acids is 1. The van der Waals surface area contributed by atoms with E-state index in [4.69, 9.17) is 5.11 Å². The van der Waals surface area contributed by atoms with Gasteiger partial charge in [0.25, 0.3) is 0 Å². The van der Waals surface area contributed by atoms with Crippen molar-refractivity contribution >= 4 is 27.8 Å². The predicted molar refractivity (Wildman–Crippen MR) is 79.1 cm³/mol. The fourth-order valence-electron chi connectivity index (χ4n) is 2.58. The van der Waals surface area contributed by atoms with Crippen LogP contribution in [0, 0.1) is 11.8 Å². The van der Waals surface area contributed by atoms with Gasteiger partial charge >= 0.3 is 5.97 Å². The van der Waals surface area contributed by atoms with Crippen molar-refractivity contribution in [1.82, 2.24) is 5.32 Å². The van der Waals surface area contributed by atoms with Crippen molar-refractivity contribution in [3.05, 3.63) is 34.3 Å². The summed E-state index contributed by atoms with van der Waals surface area (Å²) in [6.07, 6.45) is 2.54. The Balaban J connectivity index is 1.80. The summed E-state index contributed by atoms with van der Waals surface area (Å²) in [6.45, 7) is 0.511. The van der Waals surface area contributed by atoms with E-state index in [2.05, 4.69) is 21.2 Å². The maximum atomic E-state index is 12.1. The second kappa shape index (κ2) is 6.88. The summed E-state index contributed by atoms with van der Waals surface area (Å²) in [7, 11) is 0. The normalized spacial score (nSPS) is 22.2. The summed E-state index contributed by atoms with van der Waals surface area (Å²) in [5.41, 5.74) is 1.05. The van der Waals surface area contributed by atoms with Crippen LogP contribution in [-0.4, -0.2) is 17.0 Å². The van der Waals surface area contributed by atoms with Crippen molar-refractivity contribution in [2.24, 2.45) is 11.8 Å². The molecule has 0 saturated heterocycles. The second-order valence-corrected chi connectivity index (χ2v) is 6.15. The molecule has 0 atom stereocenters. The van der Waals surface area contributed by atoms with Crippen molar-refractivity contribution in [2.45, 2.75) is 32.2 Å². The van der Waals surface area contributed by atoms with Crippen LogP contribution in [0.1, 0.15) is 31.2 Å². The maximum Gasteiger partial charge on any atom is 0.306 e. The molecular formula is C15H18BrNO3. The van der Waals surface area contributed by atoms with Crippen molar-refractivity contribution in [1.29, 1.82) is 0 Å². The molecule has 1 aromatic carbocycles. The molecule has 2 N–H and O–H groups in total. The minimum Gasteiger partial charge on any atom is -0.481 e. The monoisotopic (exact) mass is 339 g/mol. The van der Waals surface area contributed by atoms with Crippen LogP contribution >= 0.6 is 15.9 Å². The number of aliphatic carboxylic acids is 1. The van der Waals surface area contributed by atoms with Gasteiger partial charge in [-0.05, 0) is 43.4 Å². The highest BCUT2D eigenvalue weighted by Crippen LogP contribution is 2.29. The molecule has 0 aliphatic heterocycles. The molecule has 1 aliphatic rings. The van der Waals surface area contributed by atoms with Gasteiger partial charge in [-0.15, -0.1) is 0 Å². The zero-order valence-electron chi connectivity index (χ0n) is 11.1. The predicted octanol–water partition coefficient (Wildman–Crippen LogP) is 2.96. The number of carbonyl (C=O) groups excluding carboxylic acids is 1. The lowest BCUT2D eigenvalue weighted by Gasteiger charge is -2.25. The summed E-state index contributed by atoms with van der Waals surface area (Å²) in [4.78, 5) is 22.9. The van der Waals surface area contributed by atoms with Gasteiger partial charge in [0.15, 0.2) is 0 Å². The molecule has 0 aromatic heterocycles. The number of carboxylic acid groups (broad SMARTS) is 1. The van der Waals surface area contributed by atoms with Crippen LogP contribution < -0.4 is 5.32 Å². The third-order valence-electron chi connectivity index (χ3n) is 3.80. The average molecular weight is 340 g/mol. The number of amides is 1. The molecule has 4 nitrogen and oxygen atoms in total. The first-order valence-corrected chi connectivity index (χ1v) is 7.60. The highest BCUT2D eigenvalue weighted by molar-refractivity contribution is 9.10. The molecule has 108 valence electrons. The Morgan fingerprint density at radius 3 is 2.45 bits per heavy atom. The SMILES string of the molecule is O=C(O)C1CCC(C(=O)NCc2cccc(Br)c2)CC1. The van der Waals surface area contributed by atoms with Gasteiger partial charge in [0.2, 0.25) is 5.91 Å². The number of nitrogens with one attached hydrogen (secondary N) is 1. The van der Waals surface area contributed by atoms with Crippen LogP contribution in [0.5, 0.6) is 0 Å². The number of halogens is 1. The molecule has 0 radical (unpaired) electrons. The Bertz CT molecular complexity index is 496. The molecule has 0 spiro atoms. The number of hydrogen-bond acceptors (Lipinski definition) is 2. The van der Waals surface area contributed by atoms with Gasteiger partial charge in [0, 0.05) is 16.9 Å². The molecule has 1 amide bonds. The van der Waals surface area contributed by atoms with E-state index in [1.807, 2.05) is 24.3 Å². The minimum atomic E-state index is -0.738. The smallest absolute Gasteiger partial charge is 0.306 e. The molecule has 20 heavy (non-hydrogen) atoms. The summed E-state index contributed by atoms with van der Waals surface area (Å²) in [5, 5.41) is 11.9. The van der Waals surface area contributed by atoms with Crippen LogP contribution in [0.25, 0.3) is 0 Å². The summed E-state index contributed by atoms with van der Waals surface area (Å²) >= 11 is 3.40. The van der Waals surface area contributed by atoms with E-state index >= 15 is 0 Å². The fraction of sp³-hybridized carbons (Fsp3) is 0.467.